The predicted molar refractivity (Wildman–Crippen MR) is 140 cm³/mol. The minimum atomic E-state index is 0.00877. The van der Waals surface area contributed by atoms with Crippen LogP contribution in [0.2, 0.25) is 5.02 Å². The van der Waals surface area contributed by atoms with E-state index in [0.29, 0.717) is 16.4 Å². The Kier molecular flexibility index (Phi) is 6.84. The Balaban J connectivity index is 1.54. The molecule has 4 aromatic rings. The molecule has 2 aromatic heterocycles. The van der Waals surface area contributed by atoms with Crippen molar-refractivity contribution in [3.8, 4) is 16.9 Å². The van der Waals surface area contributed by atoms with Crippen LogP contribution in [0.4, 0.5) is 0 Å². The molecule has 0 spiro atoms. The normalized spacial score (nSPS) is 14.3. The first-order valence-corrected chi connectivity index (χ1v) is 12.9. The van der Waals surface area contributed by atoms with Crippen LogP contribution < -0.4 is 4.74 Å². The summed E-state index contributed by atoms with van der Waals surface area (Å²) in [5, 5.41) is 1.50. The second-order valence-corrected chi connectivity index (χ2v) is 10.2. The molecule has 0 radical (unpaired) electrons. The molecule has 0 saturated heterocycles. The molecule has 1 saturated carbocycles. The van der Waals surface area contributed by atoms with Crippen LogP contribution >= 0.6 is 22.9 Å². The fourth-order valence-electron chi connectivity index (χ4n) is 4.85. The second kappa shape index (κ2) is 10.2. The van der Waals surface area contributed by atoms with Crippen molar-refractivity contribution in [2.45, 2.75) is 44.7 Å². The zero-order valence-electron chi connectivity index (χ0n) is 19.2. The summed E-state index contributed by atoms with van der Waals surface area (Å²) in [5.41, 5.74) is 3.16. The van der Waals surface area contributed by atoms with Crippen molar-refractivity contribution in [3.05, 3.63) is 82.5 Å². The zero-order valence-corrected chi connectivity index (χ0v) is 20.7. The molecule has 1 fully saturated rings. The van der Waals surface area contributed by atoms with E-state index >= 15 is 0 Å². The highest BCUT2D eigenvalue weighted by molar-refractivity contribution is 7.21. The Morgan fingerprint density at radius 3 is 2.56 bits per heavy atom. The lowest BCUT2D eigenvalue weighted by molar-refractivity contribution is 0.0618. The summed E-state index contributed by atoms with van der Waals surface area (Å²) in [7, 11) is 1.68. The molecule has 2 heterocycles. The molecule has 2 aromatic carbocycles. The number of aromatic nitrogens is 1. The largest absolute Gasteiger partial charge is 0.496 e. The number of methoxy groups -OCH3 is 1. The number of ether oxygens (including phenoxy) is 1. The minimum absolute atomic E-state index is 0.00877. The van der Waals surface area contributed by atoms with Gasteiger partial charge < -0.3 is 9.64 Å². The van der Waals surface area contributed by atoms with Gasteiger partial charge in [0.25, 0.3) is 5.91 Å². The molecular formula is C28H27ClN2O2S. The van der Waals surface area contributed by atoms with Gasteiger partial charge in [-0.25, -0.2) is 0 Å². The second-order valence-electron chi connectivity index (χ2n) is 8.73. The molecule has 4 nitrogen and oxygen atoms in total. The van der Waals surface area contributed by atoms with Crippen molar-refractivity contribution in [3.63, 3.8) is 0 Å². The van der Waals surface area contributed by atoms with Crippen LogP contribution in [0.1, 0.15) is 47.3 Å². The van der Waals surface area contributed by atoms with Gasteiger partial charge in [0.05, 0.1) is 12.1 Å². The third-order valence-electron chi connectivity index (χ3n) is 6.64. The average molecular weight is 491 g/mol. The number of benzene rings is 2. The molecule has 0 atom stereocenters. The molecule has 1 amide bonds. The van der Waals surface area contributed by atoms with Crippen molar-refractivity contribution >= 4 is 38.9 Å². The van der Waals surface area contributed by atoms with E-state index in [1.165, 1.54) is 17.8 Å². The fourth-order valence-corrected chi connectivity index (χ4v) is 6.32. The Morgan fingerprint density at radius 1 is 1.06 bits per heavy atom. The number of hydrogen-bond acceptors (Lipinski definition) is 4. The van der Waals surface area contributed by atoms with E-state index in [-0.39, 0.29) is 11.9 Å². The zero-order chi connectivity index (χ0) is 23.5. The maximum absolute atomic E-state index is 14.0. The predicted octanol–water partition coefficient (Wildman–Crippen LogP) is 7.60. The summed E-state index contributed by atoms with van der Waals surface area (Å²) in [6, 6.07) is 18.3. The highest BCUT2D eigenvalue weighted by Crippen LogP contribution is 2.38. The minimum Gasteiger partial charge on any atom is -0.496 e. The van der Waals surface area contributed by atoms with Crippen LogP contribution in [0, 0.1) is 0 Å². The number of rotatable bonds is 6. The maximum Gasteiger partial charge on any atom is 0.266 e. The Bertz CT molecular complexity index is 1300. The molecule has 34 heavy (non-hydrogen) atoms. The first-order valence-electron chi connectivity index (χ1n) is 11.7. The van der Waals surface area contributed by atoms with E-state index in [1.807, 2.05) is 53.4 Å². The molecular weight excluding hydrogens is 464 g/mol. The lowest BCUT2D eigenvalue weighted by Crippen LogP contribution is -2.40. The third-order valence-corrected chi connectivity index (χ3v) is 8.30. The van der Waals surface area contributed by atoms with E-state index in [4.69, 9.17) is 16.3 Å². The molecule has 6 heteroatoms. The molecule has 0 N–H and O–H groups in total. The van der Waals surface area contributed by atoms with E-state index in [9.17, 15) is 4.79 Å². The van der Waals surface area contributed by atoms with Gasteiger partial charge in [-0.3, -0.25) is 9.78 Å². The van der Waals surface area contributed by atoms with Crippen LogP contribution in [0.3, 0.4) is 0 Å². The summed E-state index contributed by atoms with van der Waals surface area (Å²) in [6.45, 7) is 0.482. The number of carbonyl (C=O) groups excluding carboxylic acids is 1. The van der Waals surface area contributed by atoms with Crippen molar-refractivity contribution in [1.29, 1.82) is 0 Å². The quantitative estimate of drug-likeness (QED) is 0.279. The molecule has 0 aliphatic heterocycles. The first-order chi connectivity index (χ1) is 16.7. The Labute approximate surface area is 209 Å². The Morgan fingerprint density at radius 2 is 1.82 bits per heavy atom. The van der Waals surface area contributed by atoms with Gasteiger partial charge in [-0.2, -0.15) is 0 Å². The van der Waals surface area contributed by atoms with Crippen LogP contribution in [-0.2, 0) is 6.54 Å². The van der Waals surface area contributed by atoms with Crippen LogP contribution in [-0.4, -0.2) is 28.9 Å². The SMILES string of the molecule is COc1ccc(-c2ccncc2)cc1CN(C(=O)c1sc2ccccc2c1Cl)C1CCCCC1. The molecule has 1 aliphatic carbocycles. The van der Waals surface area contributed by atoms with Gasteiger partial charge in [-0.1, -0.05) is 55.1 Å². The van der Waals surface area contributed by atoms with Crippen molar-refractivity contribution in [1.82, 2.24) is 9.88 Å². The van der Waals surface area contributed by atoms with Gasteiger partial charge in [0.2, 0.25) is 0 Å². The van der Waals surface area contributed by atoms with Crippen LogP contribution in [0.25, 0.3) is 21.2 Å². The summed E-state index contributed by atoms with van der Waals surface area (Å²) in [5.74, 6) is 0.795. The van der Waals surface area contributed by atoms with Crippen molar-refractivity contribution in [2.24, 2.45) is 0 Å². The molecule has 0 bridgehead atoms. The van der Waals surface area contributed by atoms with Gasteiger partial charge in [0, 0.05) is 40.6 Å². The number of thiophene rings is 1. The van der Waals surface area contributed by atoms with E-state index < -0.39 is 0 Å². The van der Waals surface area contributed by atoms with E-state index in [0.717, 1.165) is 58.2 Å². The standard InChI is InChI=1S/C28H27ClN2O2S/c1-33-24-12-11-20(19-13-15-30-16-14-19)17-21(24)18-31(22-7-3-2-4-8-22)28(32)27-26(29)23-9-5-6-10-25(23)34-27/h5-6,9-17,22H,2-4,7-8,18H2,1H3. The smallest absolute Gasteiger partial charge is 0.266 e. The molecule has 0 unspecified atom stereocenters. The summed E-state index contributed by atoms with van der Waals surface area (Å²) in [6.07, 6.45) is 9.12. The summed E-state index contributed by atoms with van der Waals surface area (Å²) < 4.78 is 6.75. The first kappa shape index (κ1) is 22.9. The number of amides is 1. The Hall–Kier alpha value is -2.89. The lowest BCUT2D eigenvalue weighted by Gasteiger charge is -2.34. The topological polar surface area (TPSA) is 42.4 Å². The number of hydrogen-bond donors (Lipinski definition) is 0. The van der Waals surface area contributed by atoms with Crippen molar-refractivity contribution < 1.29 is 9.53 Å². The lowest BCUT2D eigenvalue weighted by atomic mass is 9.93. The third kappa shape index (κ3) is 4.55. The fraction of sp³-hybridized carbons (Fsp3) is 0.286. The van der Waals surface area contributed by atoms with Crippen LogP contribution in [0.5, 0.6) is 5.75 Å². The van der Waals surface area contributed by atoms with Crippen LogP contribution in [0.15, 0.2) is 67.0 Å². The summed E-state index contributed by atoms with van der Waals surface area (Å²) >= 11 is 8.22. The van der Waals surface area contributed by atoms with Gasteiger partial charge in [-0.05, 0) is 54.3 Å². The summed E-state index contributed by atoms with van der Waals surface area (Å²) in [4.78, 5) is 20.8. The molecule has 174 valence electrons. The number of fused-ring (bicyclic) bond motifs is 1. The number of carbonyl (C=O) groups is 1. The molecule has 5 rings (SSSR count). The number of pyridine rings is 1. The monoisotopic (exact) mass is 490 g/mol. The van der Waals surface area contributed by atoms with E-state index in [1.54, 1.807) is 19.5 Å². The van der Waals surface area contributed by atoms with Gasteiger partial charge >= 0.3 is 0 Å². The van der Waals surface area contributed by atoms with Gasteiger partial charge in [-0.15, -0.1) is 11.3 Å². The van der Waals surface area contributed by atoms with E-state index in [2.05, 4.69) is 11.1 Å². The average Bonchev–Trinajstić information content (AvgIpc) is 3.24. The highest BCUT2D eigenvalue weighted by Gasteiger charge is 2.30. The number of nitrogens with zero attached hydrogens (tertiary/aromatic N) is 2. The maximum atomic E-state index is 14.0. The molecule has 1 aliphatic rings. The van der Waals surface area contributed by atoms with Gasteiger partial charge in [0.1, 0.15) is 10.6 Å². The number of halogens is 1. The highest BCUT2D eigenvalue weighted by atomic mass is 35.5. The van der Waals surface area contributed by atoms with Crippen molar-refractivity contribution in [2.75, 3.05) is 7.11 Å². The van der Waals surface area contributed by atoms with Gasteiger partial charge in [0.15, 0.2) is 0 Å².